The molecule has 8 aromatic rings. The van der Waals surface area contributed by atoms with Gasteiger partial charge in [0.05, 0.1) is 88.9 Å². The predicted octanol–water partition coefficient (Wildman–Crippen LogP) is -1.79. The molecule has 0 aliphatic carbocycles. The summed E-state index contributed by atoms with van der Waals surface area (Å²) in [5.74, 6) is -0.423. The van der Waals surface area contributed by atoms with Crippen LogP contribution >= 0.6 is 40.3 Å². The summed E-state index contributed by atoms with van der Waals surface area (Å²) >= 11 is 33.7. The van der Waals surface area contributed by atoms with E-state index in [0.717, 1.165) is 37.9 Å². The summed E-state index contributed by atoms with van der Waals surface area (Å²) < 4.78 is 138. The molecule has 0 radical (unpaired) electrons. The molecular weight excluding hydrogens is 2030 g/mol. The van der Waals surface area contributed by atoms with Crippen LogP contribution in [0.5, 0.6) is 0 Å². The lowest BCUT2D eigenvalue weighted by molar-refractivity contribution is -0.219. The van der Waals surface area contributed by atoms with Crippen LogP contribution in [0.1, 0.15) is 99.7 Å². The number of anilines is 3. The molecule has 9 fully saturated rings. The number of ether oxygens (including phenoxy) is 9. The van der Waals surface area contributed by atoms with E-state index in [0.29, 0.717) is 5.56 Å². The van der Waals surface area contributed by atoms with Crippen LogP contribution < -0.4 is 62.2 Å². The SMILES string of the molecule is COP(O)(=S)OC1C[C@H](n2cc(C)c(=O)[nH]c2=O)O[C@@H]1COP(O)(=S)OC1C[C@H](n2cc(C)c(=O)[nH]c2=O)O[C@@H]1COP(O)(=S)OC1C[C@H](n2cnc3c(N)ncnc32)O[C@@H]1COP(O)(=S)OC1[C@@H]2O[C@@H](C)[C@]1(COP(O)(=S)OC1[C@@H]3O[C@@H](C)[C@]1(COP(O)(=S)OC1[C@@H]4O[C@@H](C)[C@]1(CO)O[C@H]4n1cnc4c(=O)[nH]c(N)nc41)O[C@H]3n1cc(C)c(N)nc1=O)O[C@H]2n1cc(C)c(=O)[nH]c1=O. The molecule has 732 valence electrons. The number of aromatic nitrogens is 16. The maximum absolute atomic E-state index is 13.9. The zero-order valence-electron chi connectivity index (χ0n) is 70.7. The molecule has 55 nitrogen and oxygen atoms in total. The molecule has 0 saturated carbocycles. The fourth-order valence-electron chi connectivity index (χ4n) is 17.4. The highest BCUT2D eigenvalue weighted by Crippen LogP contribution is 2.64. The van der Waals surface area contributed by atoms with E-state index in [2.05, 4.69) is 49.8 Å². The lowest BCUT2D eigenvalue weighted by Crippen LogP contribution is -2.52. The van der Waals surface area contributed by atoms with E-state index in [9.17, 15) is 72.8 Å². The Balaban J connectivity index is 0.618. The standard InChI is InChI=1S/C67H87N19O36P6S6/c1-25-12-83(61(92)75-49(25)68)57-45-48(67(115-57,31(7)110-45)21-106-127(100,133)120-46-43-59(114-65(46,19-87)29(5)108-43)86-24-74-42-52(86)76-60(70)77-56(42)91)122-128(101,134)107-20-66-30(6)109-44(58(116-66)84-15-28(4)55(90)80-64(84)95)47(66)121-126(99,132)105-18-37-34(11-40(113-37)85-23-73-41-50(69)71-22-72-51(41)85)119-125(98,131)104-17-36-33(10-39(112-36)82-14-27(3)54(89)79-63(82)94)118-124(97,130)103-16-35-32(117-123(96,129)102-8)9-38(111-35)81-13-26(2)53(88)78-62(81)93/h12-15,22-24,29-40,43-48,57-59,87H,9-11,16-21H2,1-8H3,(H,96,129)(H,97,130)(H,98,131)(H,99,132)(H,100,133)(H,101,134)(H2,68,75,92)(H2,69,71,72)(H,78,88,93)(H,79,89,94)(H,80,90,95)(H3,70,76,77,91)/t29-,30-,31-,32?,33?,34?,35+,36+,37+,38+,39+,40+,43-,44-,45-,46?,47?,48?,57+,58+,59+,65-,66-,67-,123?,124?,125?,126?,127?,128?/m0/s1. The third kappa shape index (κ3) is 19.1. The Morgan fingerprint density at radius 3 is 1.28 bits per heavy atom. The van der Waals surface area contributed by atoms with Gasteiger partial charge in [-0.2, -0.15) is 9.97 Å². The van der Waals surface area contributed by atoms with Gasteiger partial charge in [0.25, 0.3) is 22.2 Å². The number of H-pyrrole nitrogens is 4. The van der Waals surface area contributed by atoms with Crippen LogP contribution in [0.25, 0.3) is 22.3 Å². The van der Waals surface area contributed by atoms with Gasteiger partial charge < -0.3 is 135 Å². The zero-order valence-corrected chi connectivity index (χ0v) is 81.0. The quantitative estimate of drug-likeness (QED) is 0.0195. The van der Waals surface area contributed by atoms with Crippen molar-refractivity contribution in [3.05, 3.63) is 149 Å². The van der Waals surface area contributed by atoms with Gasteiger partial charge in [-0.05, 0) is 119 Å². The molecular formula is C67H87N19O36P6S6. The number of aliphatic hydroxyl groups is 1. The molecule has 30 atom stereocenters. The predicted molar refractivity (Wildman–Crippen MR) is 477 cm³/mol. The molecule has 67 heteroatoms. The highest BCUT2D eigenvalue weighted by Gasteiger charge is 2.72. The molecule has 134 heavy (non-hydrogen) atoms. The minimum atomic E-state index is -4.95. The number of nitrogens with zero attached hydrogens (tertiary/aromatic N) is 12. The molecule has 9 saturated heterocycles. The van der Waals surface area contributed by atoms with Gasteiger partial charge in [-0.25, -0.2) is 39.1 Å². The Labute approximate surface area is 781 Å². The molecule has 0 spiro atoms. The van der Waals surface area contributed by atoms with Gasteiger partial charge in [-0.1, -0.05) is 0 Å². The van der Waals surface area contributed by atoms with Crippen molar-refractivity contribution in [3.63, 3.8) is 0 Å². The fraction of sp³-hybridized carbons (Fsp3) is 0.612. The highest BCUT2D eigenvalue weighted by atomic mass is 32.5. The van der Waals surface area contributed by atoms with Crippen LogP contribution in [0.4, 0.5) is 17.6 Å². The first-order valence-electron chi connectivity index (χ1n) is 40.3. The van der Waals surface area contributed by atoms with E-state index in [-0.39, 0.29) is 75.9 Å². The minimum absolute atomic E-state index is 0.00409. The molecule has 0 aromatic carbocycles. The van der Waals surface area contributed by atoms with E-state index in [1.165, 1.54) is 75.0 Å². The van der Waals surface area contributed by atoms with Crippen LogP contribution in [0.3, 0.4) is 0 Å². The number of aryl methyl sites for hydroxylation is 4. The second-order valence-electron chi connectivity index (χ2n) is 32.6. The summed E-state index contributed by atoms with van der Waals surface area (Å²) in [5.41, 5.74) is 6.15. The number of nitrogens with two attached hydrogens (primary N) is 3. The number of aliphatic hydroxyl groups excluding tert-OH is 1. The number of aromatic amines is 4. The average Bonchev–Trinajstić information content (AvgIpc) is 1.54. The van der Waals surface area contributed by atoms with Crippen molar-refractivity contribution in [1.29, 1.82) is 0 Å². The molecule has 9 aliphatic heterocycles. The van der Waals surface area contributed by atoms with Crippen LogP contribution in [-0.4, -0.2) is 267 Å². The first-order valence-corrected chi connectivity index (χ1v) is 55.9. The lowest BCUT2D eigenvalue weighted by Gasteiger charge is -2.38. The van der Waals surface area contributed by atoms with E-state index in [1.54, 1.807) is 13.8 Å². The van der Waals surface area contributed by atoms with Crippen LogP contribution in [0, 0.1) is 27.7 Å². The van der Waals surface area contributed by atoms with Crippen molar-refractivity contribution in [3.8, 4) is 0 Å². The molecule has 17 rings (SSSR count). The van der Waals surface area contributed by atoms with Gasteiger partial charge in [0, 0.05) is 73.4 Å². The van der Waals surface area contributed by atoms with Crippen molar-refractivity contribution in [2.45, 2.75) is 213 Å². The summed E-state index contributed by atoms with van der Waals surface area (Å²) in [6.45, 7) is -22.4. The second kappa shape index (κ2) is 37.1. The van der Waals surface area contributed by atoms with Gasteiger partial charge in [0.1, 0.15) is 108 Å². The van der Waals surface area contributed by atoms with Gasteiger partial charge in [-0.15, -0.1) is 0 Å². The Bertz CT molecular complexity index is 6810. The molecule has 9 aliphatic rings. The normalized spacial score (nSPS) is 34.2. The van der Waals surface area contributed by atoms with E-state index in [1.807, 2.05) is 0 Å². The van der Waals surface area contributed by atoms with Gasteiger partial charge >= 0.3 is 63.1 Å². The van der Waals surface area contributed by atoms with Gasteiger partial charge in [0.15, 0.2) is 41.3 Å². The summed E-state index contributed by atoms with van der Waals surface area (Å²) in [6.07, 6.45) is -21.0. The Hall–Kier alpha value is -6.00. The summed E-state index contributed by atoms with van der Waals surface area (Å²) in [5, 5.41) is 11.1. The average molecular weight is 2110 g/mol. The van der Waals surface area contributed by atoms with Crippen molar-refractivity contribution in [2.75, 3.05) is 64.0 Å². The zero-order chi connectivity index (χ0) is 96.3. The molecule has 17 N–H and O–H groups in total. The smallest absolute Gasteiger partial charge is 0.351 e. The fourth-order valence-corrected chi connectivity index (χ4v) is 25.6. The number of fused-ring (bicyclic) bond motifs is 8. The third-order valence-corrected chi connectivity index (χ3v) is 33.7. The molecule has 6 bridgehead atoms. The number of hydrogen-bond acceptors (Lipinski definition) is 45. The van der Waals surface area contributed by atoms with Crippen molar-refractivity contribution in [1.82, 2.24) is 77.2 Å². The highest BCUT2D eigenvalue weighted by molar-refractivity contribution is 8.08. The Morgan fingerprint density at radius 2 is 0.813 bits per heavy atom. The number of rotatable bonds is 35. The number of hydrogen-bond donors (Lipinski definition) is 14. The Kier molecular flexibility index (Phi) is 27.6. The Morgan fingerprint density at radius 1 is 0.433 bits per heavy atom. The van der Waals surface area contributed by atoms with E-state index >= 15 is 0 Å². The van der Waals surface area contributed by atoms with Gasteiger partial charge in [-0.3, -0.25) is 80.1 Å². The molecule has 8 aromatic heterocycles. The van der Waals surface area contributed by atoms with Crippen LogP contribution in [-0.2, 0) is 168 Å². The summed E-state index contributed by atoms with van der Waals surface area (Å²) in [6, 6.07) is 0. The lowest BCUT2D eigenvalue weighted by atomic mass is 9.94. The second-order valence-corrected chi connectivity index (χ2v) is 49.5. The number of imidazole rings is 2. The van der Waals surface area contributed by atoms with Crippen LogP contribution in [0.15, 0.2) is 82.1 Å². The third-order valence-electron chi connectivity index (χ3n) is 24.2. The number of nitrogens with one attached hydrogen (secondary N) is 4. The molecule has 12 unspecified atom stereocenters. The van der Waals surface area contributed by atoms with E-state index < -0.39 is 271 Å². The van der Waals surface area contributed by atoms with Crippen molar-refractivity contribution in [2.24, 2.45) is 0 Å². The van der Waals surface area contributed by atoms with Crippen LogP contribution in [0.2, 0.25) is 0 Å². The first-order chi connectivity index (χ1) is 62.9. The molecule has 17 heterocycles. The molecule has 0 amide bonds. The maximum Gasteiger partial charge on any atom is 0.351 e. The summed E-state index contributed by atoms with van der Waals surface area (Å²) in [7, 11) is 1.10. The van der Waals surface area contributed by atoms with Crippen molar-refractivity contribution >= 4 is 151 Å². The first kappa shape index (κ1) is 99.6. The topological polar surface area (TPSA) is 720 Å². The summed E-state index contributed by atoms with van der Waals surface area (Å²) in [4.78, 5) is 211. The monoisotopic (exact) mass is 2110 g/mol. The minimum Gasteiger partial charge on any atom is -0.393 e. The van der Waals surface area contributed by atoms with E-state index in [4.69, 9.17) is 185 Å². The number of nitrogen functional groups attached to an aromatic ring is 3. The van der Waals surface area contributed by atoms with Gasteiger partial charge in [0.2, 0.25) is 5.95 Å². The van der Waals surface area contributed by atoms with Crippen molar-refractivity contribution < 1.29 is 131 Å². The maximum atomic E-state index is 13.9. The largest absolute Gasteiger partial charge is 0.393 e.